The van der Waals surface area contributed by atoms with Gasteiger partial charge in [0.25, 0.3) is 0 Å². The van der Waals surface area contributed by atoms with Gasteiger partial charge in [0, 0.05) is 25.9 Å². The van der Waals surface area contributed by atoms with Crippen molar-refractivity contribution in [2.75, 3.05) is 0 Å². The molecular weight excluding hydrogens is 413 g/mol. The second-order valence-electron chi connectivity index (χ2n) is 5.06. The van der Waals surface area contributed by atoms with Gasteiger partial charge in [0.1, 0.15) is 11.6 Å². The lowest BCUT2D eigenvalue weighted by Crippen LogP contribution is -2.06. The number of hydrogen-bond donors (Lipinski definition) is 1. The number of nitrogens with one attached hydrogen (secondary N) is 1. The molecule has 0 spiro atoms. The van der Waals surface area contributed by atoms with E-state index in [1.165, 1.54) is 17.8 Å². The molecule has 0 fully saturated rings. The van der Waals surface area contributed by atoms with Crippen molar-refractivity contribution in [1.82, 2.24) is 19.9 Å². The minimum atomic E-state index is -0.334. The van der Waals surface area contributed by atoms with E-state index in [1.807, 2.05) is 17.8 Å². The second-order valence-corrected chi connectivity index (χ2v) is 6.88. The molecule has 0 aliphatic heterocycles. The number of halogens is 2. The molecule has 3 aromatic rings. The van der Waals surface area contributed by atoms with Crippen LogP contribution in [-0.2, 0) is 19.2 Å². The predicted octanol–water partition coefficient (Wildman–Crippen LogP) is 2.78. The van der Waals surface area contributed by atoms with Crippen LogP contribution in [0.4, 0.5) is 4.39 Å². The lowest BCUT2D eigenvalue weighted by molar-refractivity contribution is 0.298. The summed E-state index contributed by atoms with van der Waals surface area (Å²) in [5.41, 5.74) is 1.46. The molecule has 0 saturated heterocycles. The highest BCUT2D eigenvalue weighted by molar-refractivity contribution is 9.10. The van der Waals surface area contributed by atoms with Crippen molar-refractivity contribution in [2.45, 2.75) is 17.2 Å². The molecule has 3 rings (SSSR count). The zero-order valence-electron chi connectivity index (χ0n) is 13.2. The summed E-state index contributed by atoms with van der Waals surface area (Å²) in [7, 11) is 1.92. The van der Waals surface area contributed by atoms with Gasteiger partial charge >= 0.3 is 0 Å². The average molecular weight is 428 g/mol. The van der Waals surface area contributed by atoms with Gasteiger partial charge in [-0.25, -0.2) is 14.0 Å². The molecule has 7 nitrogen and oxygen atoms in total. The Hall–Kier alpha value is -2.04. The quantitative estimate of drug-likeness (QED) is 0.479. The minimum Gasteiger partial charge on any atom is -0.412 e. The number of imidazole rings is 1. The Kier molecular flexibility index (Phi) is 6.45. The highest BCUT2D eigenvalue weighted by Gasteiger charge is 2.17. The number of thioether (sulfide) groups is 1. The van der Waals surface area contributed by atoms with E-state index in [9.17, 15) is 4.39 Å². The van der Waals surface area contributed by atoms with Crippen LogP contribution in [0.3, 0.4) is 0 Å². The third-order valence-corrected chi connectivity index (χ3v) is 4.92. The number of hydrogen-bond acceptors (Lipinski definition) is 6. The van der Waals surface area contributed by atoms with E-state index < -0.39 is 0 Å². The molecule has 0 amide bonds. The third kappa shape index (κ3) is 4.53. The molecular formula is C15H15BrFN5O2S. The van der Waals surface area contributed by atoms with Crippen LogP contribution in [0.25, 0.3) is 0 Å². The normalized spacial score (nSPS) is 10.5. The summed E-state index contributed by atoms with van der Waals surface area (Å²) in [5.74, 6) is 1.16. The molecule has 132 valence electrons. The van der Waals surface area contributed by atoms with E-state index in [0.717, 1.165) is 11.4 Å². The lowest BCUT2D eigenvalue weighted by Gasteiger charge is -2.04. The summed E-state index contributed by atoms with van der Waals surface area (Å²) < 4.78 is 20.4. The number of rotatable bonds is 6. The maximum absolute atomic E-state index is 13.3. The molecule has 0 saturated carbocycles. The van der Waals surface area contributed by atoms with Crippen LogP contribution in [-0.4, -0.2) is 31.1 Å². The first-order chi connectivity index (χ1) is 11.5. The van der Waals surface area contributed by atoms with E-state index >= 15 is 0 Å². The van der Waals surface area contributed by atoms with Crippen LogP contribution in [0.1, 0.15) is 17.1 Å². The molecule has 0 aliphatic carbocycles. The molecule has 1 aromatic carbocycles. The number of benzene rings is 1. The van der Waals surface area contributed by atoms with Gasteiger partial charge in [0.15, 0.2) is 10.7 Å². The summed E-state index contributed by atoms with van der Waals surface area (Å²) in [6.45, 7) is 0. The summed E-state index contributed by atoms with van der Waals surface area (Å²) in [5, 5.41) is 16.5. The van der Waals surface area contributed by atoms with Crippen LogP contribution in [0.15, 0.2) is 44.7 Å². The van der Waals surface area contributed by atoms with Crippen molar-refractivity contribution in [1.29, 1.82) is 5.41 Å². The zero-order chi connectivity index (χ0) is 17.1. The Morgan fingerprint density at radius 2 is 2.20 bits per heavy atom. The standard InChI is InChI=1S/C15H13BrFN5OS.H2O/c1-22-5-4-19-13(22)8-24-15-14(20-23-21-15)12(18)7-9-2-3-11(17)10(16)6-9;/h2-6,18H,7-8H2,1H3;1H2. The third-order valence-electron chi connectivity index (χ3n) is 3.37. The summed E-state index contributed by atoms with van der Waals surface area (Å²) in [6, 6.07) is 4.66. The van der Waals surface area contributed by atoms with E-state index in [1.54, 1.807) is 18.3 Å². The maximum Gasteiger partial charge on any atom is 0.170 e. The monoisotopic (exact) mass is 427 g/mol. The topological polar surface area (TPSA) is 112 Å². The van der Waals surface area contributed by atoms with E-state index in [4.69, 9.17) is 10.0 Å². The number of aromatic nitrogens is 4. The van der Waals surface area contributed by atoms with Gasteiger partial charge in [0.05, 0.1) is 15.9 Å². The number of aryl methyl sites for hydroxylation is 1. The summed E-state index contributed by atoms with van der Waals surface area (Å²) in [4.78, 5) is 4.24. The highest BCUT2D eigenvalue weighted by atomic mass is 79.9. The van der Waals surface area contributed by atoms with Gasteiger partial charge < -0.3 is 15.5 Å². The predicted molar refractivity (Wildman–Crippen MR) is 95.3 cm³/mol. The smallest absolute Gasteiger partial charge is 0.170 e. The van der Waals surface area contributed by atoms with Gasteiger partial charge in [-0.05, 0) is 43.9 Å². The molecule has 0 bridgehead atoms. The van der Waals surface area contributed by atoms with Gasteiger partial charge in [-0.15, -0.1) is 0 Å². The lowest BCUT2D eigenvalue weighted by atomic mass is 10.1. The molecule has 3 N–H and O–H groups in total. The Morgan fingerprint density at radius 1 is 1.40 bits per heavy atom. The van der Waals surface area contributed by atoms with Gasteiger partial charge in [0.2, 0.25) is 0 Å². The molecule has 10 heteroatoms. The van der Waals surface area contributed by atoms with Gasteiger partial charge in [-0.1, -0.05) is 17.8 Å². The van der Waals surface area contributed by atoms with E-state index in [-0.39, 0.29) is 17.0 Å². The summed E-state index contributed by atoms with van der Waals surface area (Å²) >= 11 is 4.56. The zero-order valence-corrected chi connectivity index (χ0v) is 15.6. The van der Waals surface area contributed by atoms with Crippen molar-refractivity contribution >= 4 is 33.4 Å². The first-order valence-corrected chi connectivity index (χ1v) is 8.75. The molecule has 25 heavy (non-hydrogen) atoms. The summed E-state index contributed by atoms with van der Waals surface area (Å²) in [6.07, 6.45) is 3.90. The first-order valence-electron chi connectivity index (χ1n) is 6.98. The van der Waals surface area contributed by atoms with E-state index in [2.05, 4.69) is 31.2 Å². The van der Waals surface area contributed by atoms with Crippen LogP contribution in [0, 0.1) is 11.2 Å². The fourth-order valence-electron chi connectivity index (χ4n) is 2.07. The van der Waals surface area contributed by atoms with Crippen molar-refractivity contribution in [3.63, 3.8) is 0 Å². The number of nitrogens with zero attached hydrogens (tertiary/aromatic N) is 4. The van der Waals surface area contributed by atoms with Crippen molar-refractivity contribution < 1.29 is 14.5 Å². The Balaban J connectivity index is 0.00000225. The SMILES string of the molecule is Cn1ccnc1CSc1nonc1C(=N)Cc1ccc(F)c(Br)c1.O. The average Bonchev–Trinajstić information content (AvgIpc) is 3.17. The van der Waals surface area contributed by atoms with Crippen LogP contribution >= 0.6 is 27.7 Å². The van der Waals surface area contributed by atoms with Crippen LogP contribution in [0.5, 0.6) is 0 Å². The maximum atomic E-state index is 13.3. The molecule has 0 aliphatic rings. The molecule has 0 unspecified atom stereocenters. The largest absolute Gasteiger partial charge is 0.412 e. The Labute approximate surface area is 155 Å². The van der Waals surface area contributed by atoms with Gasteiger partial charge in [-0.3, -0.25) is 0 Å². The Bertz CT molecular complexity index is 882. The van der Waals surface area contributed by atoms with E-state index in [0.29, 0.717) is 27.4 Å². The minimum absolute atomic E-state index is 0. The Morgan fingerprint density at radius 3 is 2.88 bits per heavy atom. The van der Waals surface area contributed by atoms with Crippen molar-refractivity contribution in [3.05, 3.63) is 58.0 Å². The van der Waals surface area contributed by atoms with Crippen LogP contribution in [0.2, 0.25) is 0 Å². The molecule has 0 atom stereocenters. The molecule has 2 heterocycles. The molecule has 2 aromatic heterocycles. The fourth-order valence-corrected chi connectivity index (χ4v) is 3.42. The first kappa shape index (κ1) is 19.3. The highest BCUT2D eigenvalue weighted by Crippen LogP contribution is 2.24. The van der Waals surface area contributed by atoms with Crippen molar-refractivity contribution in [3.8, 4) is 0 Å². The second kappa shape index (κ2) is 8.37. The molecule has 0 radical (unpaired) electrons. The fraction of sp³-hybridized carbons (Fsp3) is 0.200. The van der Waals surface area contributed by atoms with Gasteiger partial charge in [-0.2, -0.15) is 0 Å². The van der Waals surface area contributed by atoms with Crippen molar-refractivity contribution in [2.24, 2.45) is 7.05 Å². The van der Waals surface area contributed by atoms with Crippen LogP contribution < -0.4 is 0 Å².